The number of nitrogens with zero attached hydrogens (tertiary/aromatic N) is 2. The molecule has 0 radical (unpaired) electrons. The zero-order chi connectivity index (χ0) is 15.2. The molecule has 2 aromatic rings. The Balaban J connectivity index is 2.24. The normalized spacial score (nSPS) is 13.0. The van der Waals surface area contributed by atoms with Crippen molar-refractivity contribution in [1.82, 2.24) is 14.9 Å². The molecule has 0 bridgehead atoms. The maximum absolute atomic E-state index is 5.55. The third kappa shape index (κ3) is 3.76. The highest BCUT2D eigenvalue weighted by molar-refractivity contribution is 5.76. The molecule has 1 atom stereocenters. The number of aromatic amines is 1. The van der Waals surface area contributed by atoms with E-state index < -0.39 is 0 Å². The third-order valence-corrected chi connectivity index (χ3v) is 3.75. The van der Waals surface area contributed by atoms with Crippen LogP contribution in [0.3, 0.4) is 0 Å². The van der Waals surface area contributed by atoms with Gasteiger partial charge in [-0.25, -0.2) is 4.98 Å². The topological polar surface area (TPSA) is 41.2 Å². The van der Waals surface area contributed by atoms with Crippen LogP contribution in [0, 0.1) is 0 Å². The molecule has 0 spiro atoms. The van der Waals surface area contributed by atoms with Crippen molar-refractivity contribution in [3.05, 3.63) is 24.0 Å². The molecule has 1 aromatic carbocycles. The molecule has 0 aliphatic heterocycles. The molecular weight excluding hydrogens is 262 g/mol. The molecule has 0 aliphatic rings. The van der Waals surface area contributed by atoms with Gasteiger partial charge in [0.2, 0.25) is 0 Å². The van der Waals surface area contributed by atoms with Crippen LogP contribution < -0.4 is 4.74 Å². The minimum atomic E-state index is 0.313. The van der Waals surface area contributed by atoms with Gasteiger partial charge >= 0.3 is 0 Å². The first kappa shape index (κ1) is 15.8. The van der Waals surface area contributed by atoms with Crippen LogP contribution in [-0.2, 0) is 0 Å². The lowest BCUT2D eigenvalue weighted by Gasteiger charge is -2.26. The number of imidazole rings is 1. The predicted octanol–water partition coefficient (Wildman–Crippen LogP) is 4.14. The van der Waals surface area contributed by atoms with Gasteiger partial charge in [0.05, 0.1) is 23.7 Å². The molecule has 1 N–H and O–H groups in total. The van der Waals surface area contributed by atoms with Crippen molar-refractivity contribution in [2.24, 2.45) is 0 Å². The van der Waals surface area contributed by atoms with Crippen molar-refractivity contribution >= 4 is 11.0 Å². The van der Waals surface area contributed by atoms with Gasteiger partial charge in [-0.15, -0.1) is 0 Å². The van der Waals surface area contributed by atoms with E-state index >= 15 is 0 Å². The molecule has 1 heterocycles. The smallest absolute Gasteiger partial charge is 0.124 e. The number of ether oxygens (including phenoxy) is 1. The first-order chi connectivity index (χ1) is 10.2. The van der Waals surface area contributed by atoms with Gasteiger partial charge in [-0.1, -0.05) is 13.8 Å². The van der Waals surface area contributed by atoms with Gasteiger partial charge in [0, 0.05) is 6.07 Å². The van der Waals surface area contributed by atoms with Crippen LogP contribution in [0.5, 0.6) is 5.75 Å². The second-order valence-corrected chi connectivity index (χ2v) is 5.45. The quantitative estimate of drug-likeness (QED) is 0.794. The zero-order valence-electron chi connectivity index (χ0n) is 13.6. The van der Waals surface area contributed by atoms with Crippen LogP contribution in [0.15, 0.2) is 18.2 Å². The summed E-state index contributed by atoms with van der Waals surface area (Å²) in [6, 6.07) is 6.35. The van der Waals surface area contributed by atoms with E-state index in [0.717, 1.165) is 35.7 Å². The Kier molecular flexibility index (Phi) is 5.62. The SMILES string of the molecule is CCCN(CCC)C(C)c1nc2ccc(OCC)cc2[nH]1. The summed E-state index contributed by atoms with van der Waals surface area (Å²) in [5.74, 6) is 1.94. The molecule has 0 aliphatic carbocycles. The van der Waals surface area contributed by atoms with Crippen LogP contribution in [-0.4, -0.2) is 34.6 Å². The number of hydrogen-bond acceptors (Lipinski definition) is 3. The van der Waals surface area contributed by atoms with E-state index in [-0.39, 0.29) is 0 Å². The van der Waals surface area contributed by atoms with Gasteiger partial charge in [-0.3, -0.25) is 4.90 Å². The zero-order valence-corrected chi connectivity index (χ0v) is 13.6. The molecule has 4 heteroatoms. The van der Waals surface area contributed by atoms with Crippen molar-refractivity contribution in [2.75, 3.05) is 19.7 Å². The molecular formula is C17H27N3O. The monoisotopic (exact) mass is 289 g/mol. The van der Waals surface area contributed by atoms with Crippen molar-refractivity contribution < 1.29 is 4.74 Å². The van der Waals surface area contributed by atoms with Gasteiger partial charge in [0.15, 0.2) is 0 Å². The molecule has 2 rings (SSSR count). The first-order valence-corrected chi connectivity index (χ1v) is 8.06. The van der Waals surface area contributed by atoms with E-state index in [1.807, 2.05) is 25.1 Å². The highest BCUT2D eigenvalue weighted by Gasteiger charge is 2.17. The Labute approximate surface area is 127 Å². The number of H-pyrrole nitrogens is 1. The van der Waals surface area contributed by atoms with E-state index in [1.54, 1.807) is 0 Å². The summed E-state index contributed by atoms with van der Waals surface area (Å²) >= 11 is 0. The highest BCUT2D eigenvalue weighted by atomic mass is 16.5. The van der Waals surface area contributed by atoms with Crippen molar-refractivity contribution in [2.45, 2.75) is 46.6 Å². The lowest BCUT2D eigenvalue weighted by molar-refractivity contribution is 0.205. The number of fused-ring (bicyclic) bond motifs is 1. The molecule has 0 saturated carbocycles. The molecule has 0 amide bonds. The summed E-state index contributed by atoms with van der Waals surface area (Å²) in [7, 11) is 0. The summed E-state index contributed by atoms with van der Waals surface area (Å²) < 4.78 is 5.55. The van der Waals surface area contributed by atoms with Crippen LogP contribution in [0.25, 0.3) is 11.0 Å². The molecule has 21 heavy (non-hydrogen) atoms. The summed E-state index contributed by atoms with van der Waals surface area (Å²) in [4.78, 5) is 10.7. The van der Waals surface area contributed by atoms with E-state index in [2.05, 4.69) is 30.7 Å². The number of aromatic nitrogens is 2. The van der Waals surface area contributed by atoms with Crippen LogP contribution in [0.4, 0.5) is 0 Å². The van der Waals surface area contributed by atoms with Gasteiger partial charge in [-0.05, 0) is 51.9 Å². The van der Waals surface area contributed by atoms with Gasteiger partial charge in [0.1, 0.15) is 11.6 Å². The Morgan fingerprint density at radius 2 is 1.90 bits per heavy atom. The minimum Gasteiger partial charge on any atom is -0.494 e. The number of benzene rings is 1. The average Bonchev–Trinajstić information content (AvgIpc) is 2.90. The minimum absolute atomic E-state index is 0.313. The lowest BCUT2D eigenvalue weighted by atomic mass is 10.2. The van der Waals surface area contributed by atoms with Crippen molar-refractivity contribution in [3.8, 4) is 5.75 Å². The summed E-state index contributed by atoms with van der Waals surface area (Å²) in [5.41, 5.74) is 2.06. The maximum Gasteiger partial charge on any atom is 0.124 e. The first-order valence-electron chi connectivity index (χ1n) is 8.06. The molecule has 4 nitrogen and oxygen atoms in total. The van der Waals surface area contributed by atoms with Crippen LogP contribution in [0.2, 0.25) is 0 Å². The lowest BCUT2D eigenvalue weighted by Crippen LogP contribution is -2.29. The third-order valence-electron chi connectivity index (χ3n) is 3.75. The van der Waals surface area contributed by atoms with E-state index in [4.69, 9.17) is 9.72 Å². The Morgan fingerprint density at radius 1 is 1.19 bits per heavy atom. The van der Waals surface area contributed by atoms with Gasteiger partial charge < -0.3 is 9.72 Å². The standard InChI is InChI=1S/C17H27N3O/c1-5-10-20(11-6-2)13(4)17-18-15-9-8-14(21-7-3)12-16(15)19-17/h8-9,12-13H,5-7,10-11H2,1-4H3,(H,18,19). The second-order valence-electron chi connectivity index (χ2n) is 5.45. The summed E-state index contributed by atoms with van der Waals surface area (Å²) in [6.45, 7) is 11.6. The van der Waals surface area contributed by atoms with E-state index in [0.29, 0.717) is 12.6 Å². The van der Waals surface area contributed by atoms with Crippen molar-refractivity contribution in [3.63, 3.8) is 0 Å². The summed E-state index contributed by atoms with van der Waals surface area (Å²) in [5, 5.41) is 0. The fourth-order valence-electron chi connectivity index (χ4n) is 2.71. The molecule has 0 saturated heterocycles. The fourth-order valence-corrected chi connectivity index (χ4v) is 2.71. The van der Waals surface area contributed by atoms with E-state index in [9.17, 15) is 0 Å². The highest BCUT2D eigenvalue weighted by Crippen LogP contribution is 2.24. The Bertz CT molecular complexity index is 558. The molecule has 1 aromatic heterocycles. The van der Waals surface area contributed by atoms with E-state index in [1.165, 1.54) is 12.8 Å². The Hall–Kier alpha value is -1.55. The van der Waals surface area contributed by atoms with Gasteiger partial charge in [-0.2, -0.15) is 0 Å². The summed E-state index contributed by atoms with van der Waals surface area (Å²) in [6.07, 6.45) is 2.33. The fraction of sp³-hybridized carbons (Fsp3) is 0.588. The number of nitrogens with one attached hydrogen (secondary N) is 1. The Morgan fingerprint density at radius 3 is 2.52 bits per heavy atom. The molecule has 1 unspecified atom stereocenters. The van der Waals surface area contributed by atoms with Crippen molar-refractivity contribution in [1.29, 1.82) is 0 Å². The predicted molar refractivity (Wildman–Crippen MR) is 87.8 cm³/mol. The molecule has 116 valence electrons. The second kappa shape index (κ2) is 7.46. The largest absolute Gasteiger partial charge is 0.494 e. The van der Waals surface area contributed by atoms with Gasteiger partial charge in [0.25, 0.3) is 0 Å². The number of rotatable bonds is 8. The van der Waals surface area contributed by atoms with Crippen LogP contribution >= 0.6 is 0 Å². The molecule has 0 fully saturated rings. The maximum atomic E-state index is 5.55. The average molecular weight is 289 g/mol. The van der Waals surface area contributed by atoms with Crippen LogP contribution in [0.1, 0.15) is 52.4 Å². The number of hydrogen-bond donors (Lipinski definition) is 1.